The second-order valence-corrected chi connectivity index (χ2v) is 12.2. The zero-order valence-corrected chi connectivity index (χ0v) is 25.7. The van der Waals surface area contributed by atoms with Crippen LogP contribution in [0.3, 0.4) is 0 Å². The number of carbonyl (C=O) groups excluding carboxylic acids is 3. The molecule has 2 aliphatic heterocycles. The van der Waals surface area contributed by atoms with E-state index < -0.39 is 5.60 Å². The van der Waals surface area contributed by atoms with Crippen molar-refractivity contribution in [2.45, 2.75) is 58.7 Å². The molecule has 0 aliphatic carbocycles. The van der Waals surface area contributed by atoms with E-state index in [1.54, 1.807) is 41.1 Å². The second-order valence-electron chi connectivity index (χ2n) is 12.2. The van der Waals surface area contributed by atoms with Gasteiger partial charge < -0.3 is 24.8 Å². The highest BCUT2D eigenvalue weighted by atomic mass is 16.6. The first-order chi connectivity index (χ1) is 20.9. The molecule has 1 fully saturated rings. The minimum Gasteiger partial charge on any atom is -0.444 e. The largest absolute Gasteiger partial charge is 0.444 e. The number of rotatable bonds is 4. The Labute approximate surface area is 257 Å². The predicted molar refractivity (Wildman–Crippen MR) is 166 cm³/mol. The molecular weight excluding hydrogens is 558 g/mol. The monoisotopic (exact) mass is 595 g/mol. The van der Waals surface area contributed by atoms with Crippen molar-refractivity contribution >= 4 is 29.4 Å². The number of hydrogen-bond donors (Lipinski definition) is 1. The van der Waals surface area contributed by atoms with Crippen molar-refractivity contribution in [3.8, 4) is 17.2 Å². The molecule has 44 heavy (non-hydrogen) atoms. The maximum atomic E-state index is 13.2. The van der Waals surface area contributed by atoms with E-state index in [0.29, 0.717) is 49.7 Å². The number of nitrogens with one attached hydrogen (secondary N) is 1. The van der Waals surface area contributed by atoms with Crippen molar-refractivity contribution in [2.75, 3.05) is 36.4 Å². The van der Waals surface area contributed by atoms with Gasteiger partial charge in [0.25, 0.3) is 5.91 Å². The number of carbonyl (C=O) groups is 3. The van der Waals surface area contributed by atoms with E-state index in [1.165, 1.54) is 6.20 Å². The summed E-state index contributed by atoms with van der Waals surface area (Å²) in [5.74, 6) is 0.430. The molecule has 5 rings (SSSR count). The molecule has 0 bridgehead atoms. The smallest absolute Gasteiger partial charge is 0.410 e. The zero-order valence-electron chi connectivity index (χ0n) is 25.7. The van der Waals surface area contributed by atoms with Crippen LogP contribution < -0.4 is 10.2 Å². The molecule has 2 aromatic heterocycles. The van der Waals surface area contributed by atoms with Crippen LogP contribution in [0.2, 0.25) is 0 Å². The first-order valence-corrected chi connectivity index (χ1v) is 14.7. The fourth-order valence-electron chi connectivity index (χ4n) is 5.66. The van der Waals surface area contributed by atoms with Crippen LogP contribution in [-0.2, 0) is 9.53 Å². The molecule has 2 aliphatic rings. The lowest BCUT2D eigenvalue weighted by molar-refractivity contribution is -0.117. The summed E-state index contributed by atoms with van der Waals surface area (Å²) in [6.45, 7) is 10.7. The first-order valence-electron chi connectivity index (χ1n) is 14.7. The summed E-state index contributed by atoms with van der Waals surface area (Å²) >= 11 is 0. The van der Waals surface area contributed by atoms with Crippen molar-refractivity contribution in [1.29, 1.82) is 5.26 Å². The molecular formula is C33H37N7O4. The second kappa shape index (κ2) is 12.3. The highest BCUT2D eigenvalue weighted by Gasteiger charge is 2.33. The van der Waals surface area contributed by atoms with Gasteiger partial charge in [-0.1, -0.05) is 12.1 Å². The zero-order chi connectivity index (χ0) is 31.6. The molecule has 3 amide bonds. The lowest BCUT2D eigenvalue weighted by atomic mass is 9.89. The normalized spacial score (nSPS) is 18.2. The molecule has 2 atom stereocenters. The third kappa shape index (κ3) is 6.64. The van der Waals surface area contributed by atoms with Gasteiger partial charge in [-0.25, -0.2) is 9.78 Å². The highest BCUT2D eigenvalue weighted by Crippen LogP contribution is 2.41. The Morgan fingerprint density at radius 1 is 0.955 bits per heavy atom. The Morgan fingerprint density at radius 2 is 1.66 bits per heavy atom. The number of hydrogen-bond acceptors (Lipinski definition) is 8. The van der Waals surface area contributed by atoms with E-state index >= 15 is 0 Å². The van der Waals surface area contributed by atoms with Crippen LogP contribution in [0.25, 0.3) is 11.1 Å². The van der Waals surface area contributed by atoms with Crippen molar-refractivity contribution in [1.82, 2.24) is 19.8 Å². The van der Waals surface area contributed by atoms with Gasteiger partial charge in [-0.3, -0.25) is 14.6 Å². The average molecular weight is 596 g/mol. The number of fused-ring (bicyclic) bond motifs is 1. The van der Waals surface area contributed by atoms with Crippen LogP contribution in [-0.4, -0.2) is 75.5 Å². The van der Waals surface area contributed by atoms with Gasteiger partial charge in [-0.15, -0.1) is 0 Å². The van der Waals surface area contributed by atoms with E-state index in [2.05, 4.69) is 21.4 Å². The molecule has 228 valence electrons. The number of nitrogens with zero attached hydrogens (tertiary/aromatic N) is 6. The topological polar surface area (TPSA) is 132 Å². The van der Waals surface area contributed by atoms with Gasteiger partial charge >= 0.3 is 6.09 Å². The molecule has 11 heteroatoms. The summed E-state index contributed by atoms with van der Waals surface area (Å²) in [7, 11) is 0. The van der Waals surface area contributed by atoms with Crippen LogP contribution in [0, 0.1) is 11.3 Å². The number of anilines is 2. The Bertz CT molecular complexity index is 1580. The predicted octanol–water partition coefficient (Wildman–Crippen LogP) is 5.01. The van der Waals surface area contributed by atoms with Crippen molar-refractivity contribution in [2.24, 2.45) is 0 Å². The van der Waals surface area contributed by atoms with Crippen molar-refractivity contribution < 1.29 is 19.1 Å². The van der Waals surface area contributed by atoms with Crippen molar-refractivity contribution in [3.63, 3.8) is 0 Å². The number of aromatic nitrogens is 2. The average Bonchev–Trinajstić information content (AvgIpc) is 3.00. The fourth-order valence-corrected chi connectivity index (χ4v) is 5.66. The van der Waals surface area contributed by atoms with E-state index in [0.717, 1.165) is 22.4 Å². The minimum atomic E-state index is -0.571. The lowest BCUT2D eigenvalue weighted by Gasteiger charge is -2.39. The van der Waals surface area contributed by atoms with Gasteiger partial charge in [-0.2, -0.15) is 5.26 Å². The molecule has 11 nitrogen and oxygen atoms in total. The Morgan fingerprint density at radius 3 is 2.25 bits per heavy atom. The van der Waals surface area contributed by atoms with Gasteiger partial charge in [0, 0.05) is 62.8 Å². The van der Waals surface area contributed by atoms with Crippen LogP contribution >= 0.6 is 0 Å². The summed E-state index contributed by atoms with van der Waals surface area (Å²) in [5.41, 5.74) is 3.76. The number of nitriles is 1. The van der Waals surface area contributed by atoms with Crippen molar-refractivity contribution in [3.05, 3.63) is 71.7 Å². The maximum absolute atomic E-state index is 13.2. The Kier molecular flexibility index (Phi) is 8.54. The standard InChI is InChI=1S/C33H37N7O4/c1-21-16-28(37-30-11-6-23(18-34)19-36-30)26-17-24(8-10-29(26)40(21)22(2)41)25-7-9-27(35-20-25)31(42)38-12-14-39(15-13-38)32(43)44-33(3,4)5/h6-11,17,19-21,28H,12-16H2,1-5H3,(H,36,37). The fraction of sp³-hybridized carbons (Fsp3) is 0.394. The van der Waals surface area contributed by atoms with Gasteiger partial charge in [0.05, 0.1) is 11.6 Å². The number of amides is 3. The summed E-state index contributed by atoms with van der Waals surface area (Å²) in [6, 6.07) is 15.0. The first kappa shape index (κ1) is 30.5. The maximum Gasteiger partial charge on any atom is 0.410 e. The number of pyridine rings is 2. The van der Waals surface area contributed by atoms with E-state index in [1.807, 2.05) is 56.9 Å². The number of benzene rings is 1. The van der Waals surface area contributed by atoms with Gasteiger partial charge in [0.15, 0.2) is 0 Å². The summed E-state index contributed by atoms with van der Waals surface area (Å²) < 4.78 is 5.45. The third-order valence-corrected chi connectivity index (χ3v) is 7.77. The molecule has 2 unspecified atom stereocenters. The van der Waals surface area contributed by atoms with Gasteiger partial charge in [-0.05, 0) is 75.6 Å². The van der Waals surface area contributed by atoms with Gasteiger partial charge in [0.2, 0.25) is 5.91 Å². The lowest BCUT2D eigenvalue weighted by Crippen LogP contribution is -2.51. The van der Waals surface area contributed by atoms with E-state index in [-0.39, 0.29) is 30.0 Å². The molecule has 0 radical (unpaired) electrons. The molecule has 0 saturated carbocycles. The number of piperazine rings is 1. The summed E-state index contributed by atoms with van der Waals surface area (Å²) in [5, 5.41) is 12.6. The quantitative estimate of drug-likeness (QED) is 0.446. The summed E-state index contributed by atoms with van der Waals surface area (Å²) in [4.78, 5) is 52.2. The van der Waals surface area contributed by atoms with Crippen LogP contribution in [0.15, 0.2) is 54.9 Å². The Balaban J connectivity index is 1.33. The van der Waals surface area contributed by atoms with Crippen LogP contribution in [0.4, 0.5) is 16.3 Å². The van der Waals surface area contributed by atoms with Gasteiger partial charge in [0.1, 0.15) is 23.2 Å². The highest BCUT2D eigenvalue weighted by molar-refractivity contribution is 5.95. The van der Waals surface area contributed by atoms with E-state index in [9.17, 15) is 14.4 Å². The molecule has 1 aromatic carbocycles. The molecule has 4 heterocycles. The number of ether oxygens (including phenoxy) is 1. The summed E-state index contributed by atoms with van der Waals surface area (Å²) in [6.07, 6.45) is 3.52. The molecule has 0 spiro atoms. The Hall–Kier alpha value is -4.98. The van der Waals surface area contributed by atoms with Crippen LogP contribution in [0.1, 0.15) is 68.7 Å². The molecule has 1 N–H and O–H groups in total. The molecule has 3 aromatic rings. The minimum absolute atomic E-state index is 0.0281. The van der Waals surface area contributed by atoms with Crippen LogP contribution in [0.5, 0.6) is 0 Å². The van der Waals surface area contributed by atoms with E-state index in [4.69, 9.17) is 10.00 Å². The third-order valence-electron chi connectivity index (χ3n) is 7.77. The molecule has 1 saturated heterocycles. The SMILES string of the molecule is CC(=O)N1c2ccc(-c3ccc(C(=O)N4CCN(C(=O)OC(C)(C)C)CC4)nc3)cc2C(Nc2ccc(C#N)cn2)CC1C.